The molecule has 0 unspecified atom stereocenters. The van der Waals surface area contributed by atoms with Crippen molar-refractivity contribution in [3.63, 3.8) is 0 Å². The van der Waals surface area contributed by atoms with Crippen molar-refractivity contribution >= 4 is 112 Å². The van der Waals surface area contributed by atoms with E-state index in [1.807, 2.05) is 176 Å². The predicted octanol–water partition coefficient (Wildman–Crippen LogP) is 19.3. The largest absolute Gasteiger partial charge is 0.384 e. The molecule has 8 aromatic carbocycles. The number of carbonyl (C=O) groups is 2. The van der Waals surface area contributed by atoms with Crippen LogP contribution < -0.4 is 31.9 Å². The van der Waals surface area contributed by atoms with Crippen molar-refractivity contribution in [3.8, 4) is 101 Å². The lowest BCUT2D eigenvalue weighted by Gasteiger charge is -2.12. The lowest BCUT2D eigenvalue weighted by atomic mass is 10.0. The molecule has 20 aromatic rings. The summed E-state index contributed by atoms with van der Waals surface area (Å²) in [4.78, 5) is 82.8. The quantitative estimate of drug-likeness (QED) is 0.0217. The summed E-state index contributed by atoms with van der Waals surface area (Å²) in [6, 6.07) is 57.6. The summed E-state index contributed by atoms with van der Waals surface area (Å²) in [5.41, 5.74) is 24.1. The number of carbonyl (C=O) groups excluding carboxylic acids is 2. The molecule has 670 valence electrons. The average molecular weight is 1790 g/mol. The second-order valence-electron chi connectivity index (χ2n) is 33.6. The second-order valence-corrected chi connectivity index (χ2v) is 33.6. The summed E-state index contributed by atoms with van der Waals surface area (Å²) in [5, 5.41) is 44.9. The zero-order valence-corrected chi connectivity index (χ0v) is 74.5. The van der Waals surface area contributed by atoms with Crippen molar-refractivity contribution in [2.75, 3.05) is 113 Å². The number of amides is 2. The Morgan fingerprint density at radius 2 is 0.687 bits per heavy atom. The highest BCUT2D eigenvalue weighted by atomic mass is 19.1. The van der Waals surface area contributed by atoms with Crippen molar-refractivity contribution in [2.24, 2.45) is 0 Å². The van der Waals surface area contributed by atoms with Gasteiger partial charge in [-0.3, -0.25) is 54.8 Å². The first-order valence-electron chi connectivity index (χ1n) is 43.5. The predicted molar refractivity (Wildman–Crippen MR) is 526 cm³/mol. The van der Waals surface area contributed by atoms with Gasteiger partial charge in [0.2, 0.25) is 5.91 Å². The number of imidazole rings is 3. The van der Waals surface area contributed by atoms with E-state index in [9.17, 15) is 22.8 Å². The molecule has 0 aliphatic rings. The van der Waals surface area contributed by atoms with Gasteiger partial charge in [-0.25, -0.2) is 28.1 Å². The lowest BCUT2D eigenvalue weighted by Crippen LogP contribution is -2.20. The first-order valence-corrected chi connectivity index (χ1v) is 43.5. The number of fused-ring (bicyclic) bond motifs is 6. The van der Waals surface area contributed by atoms with Crippen LogP contribution in [-0.2, 0) is 11.2 Å². The molecule has 20 rings (SSSR count). The number of anilines is 6. The topological polar surface area (TPSA) is 365 Å². The van der Waals surface area contributed by atoms with Crippen LogP contribution in [0.3, 0.4) is 0 Å². The molecule has 134 heavy (non-hydrogen) atoms. The molecule has 0 radical (unpaired) electrons. The number of aromatic nitrogens is 18. The van der Waals surface area contributed by atoms with E-state index in [4.69, 9.17) is 15.0 Å². The maximum Gasteiger partial charge on any atom is 0.255 e. The van der Waals surface area contributed by atoms with Gasteiger partial charge in [0.25, 0.3) is 5.91 Å². The maximum absolute atomic E-state index is 14.7. The van der Waals surface area contributed by atoms with Gasteiger partial charge in [0.15, 0.2) is 17.5 Å². The molecular weight excluding hydrogens is 1690 g/mol. The van der Waals surface area contributed by atoms with Crippen LogP contribution in [0.15, 0.2) is 262 Å². The van der Waals surface area contributed by atoms with Crippen molar-refractivity contribution in [2.45, 2.75) is 26.3 Å². The molecular formula is C102H94F3N27O2. The minimum atomic E-state index is -0.346. The highest BCUT2D eigenvalue weighted by Crippen LogP contribution is 2.40. The van der Waals surface area contributed by atoms with Crippen LogP contribution in [0.4, 0.5) is 47.3 Å². The molecule has 29 nitrogen and oxygen atoms in total. The van der Waals surface area contributed by atoms with E-state index in [1.165, 1.54) is 36.4 Å². The van der Waals surface area contributed by atoms with E-state index in [2.05, 4.69) is 154 Å². The summed E-state index contributed by atoms with van der Waals surface area (Å²) in [6.45, 7) is 8.73. The molecule has 0 saturated heterocycles. The fraction of sp³-hybridized carbons (Fsp3) is 0.157. The Hall–Kier alpha value is -16.7. The lowest BCUT2D eigenvalue weighted by molar-refractivity contribution is -0.115. The molecule has 32 heteroatoms. The van der Waals surface area contributed by atoms with E-state index in [-0.39, 0.29) is 35.7 Å². The minimum Gasteiger partial charge on any atom is -0.384 e. The number of aromatic amines is 6. The van der Waals surface area contributed by atoms with Gasteiger partial charge in [0, 0.05) is 161 Å². The molecule has 0 fully saturated rings. The molecule has 2 amide bonds. The fourth-order valence-corrected chi connectivity index (χ4v) is 15.8. The number of nitrogens with one attached hydrogen (secondary N) is 12. The molecule has 0 aliphatic carbocycles. The minimum absolute atomic E-state index is 0.114. The zero-order chi connectivity index (χ0) is 92.5. The van der Waals surface area contributed by atoms with Crippen molar-refractivity contribution < 1.29 is 22.8 Å². The van der Waals surface area contributed by atoms with Gasteiger partial charge < -0.3 is 61.6 Å². The van der Waals surface area contributed by atoms with Gasteiger partial charge >= 0.3 is 0 Å². The molecule has 0 atom stereocenters. The highest BCUT2D eigenvalue weighted by molar-refractivity contribution is 6.06. The van der Waals surface area contributed by atoms with Crippen molar-refractivity contribution in [1.29, 1.82) is 0 Å². The van der Waals surface area contributed by atoms with E-state index in [1.54, 1.807) is 74.1 Å². The van der Waals surface area contributed by atoms with Crippen LogP contribution in [-0.4, -0.2) is 205 Å². The molecule has 0 saturated carbocycles. The third kappa shape index (κ3) is 20.5. The fourth-order valence-electron chi connectivity index (χ4n) is 15.8. The zero-order valence-electron chi connectivity index (χ0n) is 74.5. The van der Waals surface area contributed by atoms with Crippen molar-refractivity contribution in [3.05, 3.63) is 291 Å². The molecule has 12 heterocycles. The van der Waals surface area contributed by atoms with Gasteiger partial charge in [0.05, 0.1) is 104 Å². The number of benzene rings is 8. The van der Waals surface area contributed by atoms with Gasteiger partial charge in [-0.15, -0.1) is 0 Å². The highest BCUT2D eigenvalue weighted by Gasteiger charge is 2.24. The van der Waals surface area contributed by atoms with Crippen LogP contribution in [0.2, 0.25) is 0 Å². The van der Waals surface area contributed by atoms with E-state index < -0.39 is 0 Å². The number of rotatable bonds is 28. The third-order valence-corrected chi connectivity index (χ3v) is 22.3. The number of hydrogen-bond donors (Lipinski definition) is 12. The van der Waals surface area contributed by atoms with Gasteiger partial charge in [-0.05, 0) is 216 Å². The summed E-state index contributed by atoms with van der Waals surface area (Å²) in [7, 11) is 12.0. The van der Waals surface area contributed by atoms with Gasteiger partial charge in [-0.2, -0.15) is 15.3 Å². The number of halogens is 3. The molecule has 12 aromatic heterocycles. The Balaban J connectivity index is 0.000000135. The van der Waals surface area contributed by atoms with Crippen LogP contribution in [0.5, 0.6) is 0 Å². The molecule has 0 aliphatic heterocycles. The normalized spacial score (nSPS) is 11.5. The van der Waals surface area contributed by atoms with E-state index >= 15 is 0 Å². The first kappa shape index (κ1) is 88.0. The number of pyridine rings is 6. The summed E-state index contributed by atoms with van der Waals surface area (Å²) in [6.07, 6.45) is 21.0. The first-order chi connectivity index (χ1) is 65.1. The number of H-pyrrole nitrogens is 6. The Kier molecular flexibility index (Phi) is 25.8. The Bertz CT molecular complexity index is 7650. The summed E-state index contributed by atoms with van der Waals surface area (Å²) in [5.74, 6) is 0.373. The second kappa shape index (κ2) is 39.3. The number of nitrogens with zero attached hydrogens (tertiary/aromatic N) is 15. The van der Waals surface area contributed by atoms with Crippen LogP contribution >= 0.6 is 0 Å². The van der Waals surface area contributed by atoms with Crippen LogP contribution in [0.1, 0.15) is 29.8 Å². The van der Waals surface area contributed by atoms with Crippen LogP contribution in [0, 0.1) is 17.5 Å². The maximum atomic E-state index is 14.7. The Morgan fingerprint density at radius 1 is 0.343 bits per heavy atom. The standard InChI is InChI=1S/C36H32FN9O.C35H30FN9O.C31H32FN9/c1-46(2)11-10-40-27-14-24(13-26(37)17-27)30-20-39-21-32-34(30)43-36(42-32)35-29-16-23(8-9-31(29)44-45-35)25-15-28(19-38-18-25)41-33(47)12-22-6-4-3-5-7-22;1-45(2)11-10-39-26-13-23(12-25(36)16-26)29-19-38-20-31-32(29)42-34(41-31)33-28-15-22(8-9-30(28)43-44-33)24-14-27(18-37-17-24)40-35(46)21-6-4-3-5-7-21;1-18(2)36-24-11-21(14-33-15-24)19-5-6-27-25(12-19)30(40-39-27)31-37-28-17-34-16-26(29(28)38-31)20-9-22(32)13-23(10-20)35-7-8-41(3)4/h3-9,13-21,40H,10-12H2,1-2H3,(H,41,47)(H,42,43)(H,44,45);3-9,12-20,39H,10-11H2,1-2H3,(H,40,46)(H,41,42)(H,43,44);5-6,9-18,35-36H,7-8H2,1-4H3,(H,37,38)(H,39,40). The SMILES string of the molecule is CC(C)Nc1cncc(-c2ccc3[nH]nc(-c4nc5c(-c6cc(F)cc(NCCN(C)C)c6)cncc5[nH]4)c3c2)c1.CN(C)CCNc1cc(F)cc(-c2cncc3[nH]c(-c4n[nH]c5ccc(-c6cncc(NC(=O)Cc7ccccc7)c6)cc45)nc23)c1.CN(C)CCNc1cc(F)cc(-c2cncc3[nH]c(-c4n[nH]c5ccc(-c6cncc(NC(=O)c7ccccc7)c6)cc45)nc23)c1. The Labute approximate surface area is 767 Å². The average Bonchev–Trinajstić information content (AvgIpc) is 1.29. The van der Waals surface area contributed by atoms with Gasteiger partial charge in [0.1, 0.15) is 34.5 Å². The monoisotopic (exact) mass is 1790 g/mol. The van der Waals surface area contributed by atoms with E-state index in [0.29, 0.717) is 150 Å². The third-order valence-electron chi connectivity index (χ3n) is 22.3. The Morgan fingerprint density at radius 3 is 1.06 bits per heavy atom. The summed E-state index contributed by atoms with van der Waals surface area (Å²) < 4.78 is 44.1. The smallest absolute Gasteiger partial charge is 0.255 e. The number of likely N-dealkylation sites (N-methyl/N-ethyl adjacent to an activating group) is 3. The molecule has 12 N–H and O–H groups in total. The number of hydrogen-bond acceptors (Lipinski definition) is 21. The molecule has 0 spiro atoms. The van der Waals surface area contributed by atoms with E-state index in [0.717, 1.165) is 108 Å². The van der Waals surface area contributed by atoms with Crippen LogP contribution in [0.25, 0.3) is 167 Å². The molecule has 0 bridgehead atoms. The summed E-state index contributed by atoms with van der Waals surface area (Å²) >= 11 is 0. The van der Waals surface area contributed by atoms with Crippen molar-refractivity contribution in [1.82, 2.24) is 105 Å². The van der Waals surface area contributed by atoms with Gasteiger partial charge in [-0.1, -0.05) is 66.7 Å².